The molecule has 0 atom stereocenters. The number of halogens is 2. The maximum absolute atomic E-state index is 13.9. The van der Waals surface area contributed by atoms with E-state index in [1.54, 1.807) is 0 Å². The lowest BCUT2D eigenvalue weighted by atomic mass is 9.94. The van der Waals surface area contributed by atoms with E-state index in [2.05, 4.69) is 10.3 Å². The number of nitrogens with one attached hydrogen (secondary N) is 1. The van der Waals surface area contributed by atoms with Crippen LogP contribution in [0.1, 0.15) is 36.0 Å². The minimum atomic E-state index is -1.83. The molecule has 35 heavy (non-hydrogen) atoms. The average Bonchev–Trinajstić information content (AvgIpc) is 3.49. The van der Waals surface area contributed by atoms with Crippen molar-refractivity contribution in [3.8, 4) is 11.1 Å². The van der Waals surface area contributed by atoms with Crippen LogP contribution in [0, 0.1) is 17.6 Å². The zero-order valence-electron chi connectivity index (χ0n) is 18.5. The lowest BCUT2D eigenvalue weighted by Gasteiger charge is -2.09. The Bertz CT molecular complexity index is 1340. The summed E-state index contributed by atoms with van der Waals surface area (Å²) >= 11 is 1.20. The van der Waals surface area contributed by atoms with Crippen molar-refractivity contribution in [3.63, 3.8) is 0 Å². The molecule has 1 heterocycles. The van der Waals surface area contributed by atoms with Gasteiger partial charge in [0.15, 0.2) is 16.7 Å². The van der Waals surface area contributed by atoms with Crippen LogP contribution in [0.25, 0.3) is 21.3 Å². The average molecular weight is 497 g/mol. The first-order valence-corrected chi connectivity index (χ1v) is 11.8. The van der Waals surface area contributed by atoms with E-state index in [0.29, 0.717) is 9.83 Å². The molecule has 9 heteroatoms. The largest absolute Gasteiger partial charge is 0.503 e. The number of Topliss-reactive ketones (excluding diaryl/α,β-unsaturated/α-hetero) is 1. The van der Waals surface area contributed by atoms with Crippen LogP contribution in [0.2, 0.25) is 0 Å². The molecule has 5 rings (SSSR count). The van der Waals surface area contributed by atoms with E-state index in [4.69, 9.17) is 15.0 Å². The number of aromatic nitrogens is 1. The lowest BCUT2D eigenvalue weighted by molar-refractivity contribution is 0.0922. The smallest absolute Gasteiger partial charge is 0.450 e. The van der Waals surface area contributed by atoms with E-state index < -0.39 is 17.8 Å². The van der Waals surface area contributed by atoms with Crippen molar-refractivity contribution in [1.82, 2.24) is 4.98 Å². The second-order valence-electron chi connectivity index (χ2n) is 8.16. The van der Waals surface area contributed by atoms with Gasteiger partial charge in [-0.25, -0.2) is 18.6 Å². The molecule has 0 aliphatic heterocycles. The Morgan fingerprint density at radius 3 is 2.09 bits per heavy atom. The molecule has 6 nitrogen and oxygen atoms in total. The number of carbonyl (C=O) groups is 2. The van der Waals surface area contributed by atoms with Crippen LogP contribution in [0.15, 0.2) is 60.7 Å². The Labute approximate surface area is 203 Å². The molecule has 1 aliphatic carbocycles. The highest BCUT2D eigenvalue weighted by molar-refractivity contribution is 7.22. The molecular formula is C26H22F2N2O4S. The minimum Gasteiger partial charge on any atom is -0.450 e. The first kappa shape index (κ1) is 24.3. The van der Waals surface area contributed by atoms with Crippen LogP contribution in [0.4, 0.5) is 24.4 Å². The van der Waals surface area contributed by atoms with Gasteiger partial charge in [0.2, 0.25) is 0 Å². The minimum absolute atomic E-state index is 0.165. The van der Waals surface area contributed by atoms with Crippen molar-refractivity contribution in [2.75, 3.05) is 5.32 Å². The molecule has 0 unspecified atom stereocenters. The maximum Gasteiger partial charge on any atom is 0.503 e. The van der Waals surface area contributed by atoms with E-state index in [0.717, 1.165) is 54.1 Å². The SMILES string of the molecule is O=C(O)O.O=C(c1ccc(-c2ccc(Nc3nc4c(F)cc(F)cc4s3)cc2)cc1)C1CCCC1. The number of carboxylic acid groups (broad SMARTS) is 2. The van der Waals surface area contributed by atoms with Gasteiger partial charge in [0, 0.05) is 23.2 Å². The highest BCUT2D eigenvalue weighted by atomic mass is 32.1. The van der Waals surface area contributed by atoms with Crippen molar-refractivity contribution in [1.29, 1.82) is 0 Å². The Morgan fingerprint density at radius 2 is 1.49 bits per heavy atom. The second-order valence-corrected chi connectivity index (χ2v) is 9.19. The van der Waals surface area contributed by atoms with Gasteiger partial charge in [0.05, 0.1) is 4.70 Å². The zero-order chi connectivity index (χ0) is 24.9. The van der Waals surface area contributed by atoms with Crippen LogP contribution >= 0.6 is 11.3 Å². The van der Waals surface area contributed by atoms with Crippen LogP contribution < -0.4 is 5.32 Å². The fourth-order valence-corrected chi connectivity index (χ4v) is 5.06. The van der Waals surface area contributed by atoms with Gasteiger partial charge in [-0.15, -0.1) is 0 Å². The number of ketones is 1. The van der Waals surface area contributed by atoms with Gasteiger partial charge in [0.1, 0.15) is 11.3 Å². The summed E-state index contributed by atoms with van der Waals surface area (Å²) in [5, 5.41) is 17.6. The monoisotopic (exact) mass is 496 g/mol. The van der Waals surface area contributed by atoms with Gasteiger partial charge in [-0.05, 0) is 42.2 Å². The second kappa shape index (κ2) is 10.6. The molecule has 1 aliphatic rings. The summed E-state index contributed by atoms with van der Waals surface area (Å²) in [5.74, 6) is -0.829. The van der Waals surface area contributed by atoms with Gasteiger partial charge in [0.25, 0.3) is 0 Å². The summed E-state index contributed by atoms with van der Waals surface area (Å²) in [7, 11) is 0. The molecule has 1 aromatic heterocycles. The maximum atomic E-state index is 13.9. The number of benzene rings is 3. The summed E-state index contributed by atoms with van der Waals surface area (Å²) in [6, 6.07) is 17.7. The third-order valence-corrected chi connectivity index (χ3v) is 6.70. The Hall–Kier alpha value is -3.85. The van der Waals surface area contributed by atoms with Crippen molar-refractivity contribution < 1.29 is 28.6 Å². The van der Waals surface area contributed by atoms with Gasteiger partial charge in [-0.2, -0.15) is 0 Å². The number of hydrogen-bond donors (Lipinski definition) is 3. The molecule has 3 N–H and O–H groups in total. The first-order chi connectivity index (χ1) is 16.8. The molecule has 0 spiro atoms. The molecule has 1 saturated carbocycles. The van der Waals surface area contributed by atoms with Crippen LogP contribution in [-0.2, 0) is 0 Å². The normalized spacial score (nSPS) is 13.3. The number of fused-ring (bicyclic) bond motifs is 1. The van der Waals surface area contributed by atoms with E-state index >= 15 is 0 Å². The predicted octanol–water partition coefficient (Wildman–Crippen LogP) is 7.58. The number of carbonyl (C=O) groups excluding carboxylic acids is 1. The van der Waals surface area contributed by atoms with Crippen molar-refractivity contribution in [2.24, 2.45) is 5.92 Å². The quantitative estimate of drug-likeness (QED) is 0.246. The molecule has 1 fully saturated rings. The summed E-state index contributed by atoms with van der Waals surface area (Å²) in [5.41, 5.74) is 3.82. The summed E-state index contributed by atoms with van der Waals surface area (Å²) < 4.78 is 27.7. The first-order valence-electron chi connectivity index (χ1n) is 11.0. The summed E-state index contributed by atoms with van der Waals surface area (Å²) in [4.78, 5) is 25.3. The van der Waals surface area contributed by atoms with E-state index in [-0.39, 0.29) is 17.2 Å². The van der Waals surface area contributed by atoms with Gasteiger partial charge < -0.3 is 15.5 Å². The highest BCUT2D eigenvalue weighted by Gasteiger charge is 2.23. The fourth-order valence-electron chi connectivity index (χ4n) is 4.13. The predicted molar refractivity (Wildman–Crippen MR) is 132 cm³/mol. The molecule has 3 aromatic carbocycles. The Morgan fingerprint density at radius 1 is 0.914 bits per heavy atom. The van der Waals surface area contributed by atoms with Crippen LogP contribution in [0.5, 0.6) is 0 Å². The fraction of sp³-hybridized carbons (Fsp3) is 0.192. The van der Waals surface area contributed by atoms with E-state index in [1.807, 2.05) is 48.5 Å². The molecule has 4 aromatic rings. The van der Waals surface area contributed by atoms with Crippen LogP contribution in [0.3, 0.4) is 0 Å². The molecular weight excluding hydrogens is 474 g/mol. The number of nitrogens with zero attached hydrogens (tertiary/aromatic N) is 1. The standard InChI is InChI=1S/C25H20F2N2OS.CH2O3/c26-19-13-21(27)23-22(14-19)31-25(29-23)28-20-11-9-16(10-12-20)15-5-7-18(8-6-15)24(30)17-3-1-2-4-17;2-1(3)4/h5-14,17H,1-4H2,(H,28,29);(H2,2,3,4). The zero-order valence-corrected chi connectivity index (χ0v) is 19.3. The lowest BCUT2D eigenvalue weighted by Crippen LogP contribution is -2.10. The number of rotatable bonds is 5. The van der Waals surface area contributed by atoms with Crippen molar-refractivity contribution in [2.45, 2.75) is 25.7 Å². The van der Waals surface area contributed by atoms with Crippen molar-refractivity contribution in [3.05, 3.63) is 77.9 Å². The molecule has 0 bridgehead atoms. The summed E-state index contributed by atoms with van der Waals surface area (Å²) in [6.45, 7) is 0. The van der Waals surface area contributed by atoms with E-state index in [9.17, 15) is 13.6 Å². The molecule has 0 radical (unpaired) electrons. The van der Waals surface area contributed by atoms with Crippen molar-refractivity contribution >= 4 is 44.3 Å². The Kier molecular flexibility index (Phi) is 7.36. The van der Waals surface area contributed by atoms with Gasteiger partial charge >= 0.3 is 6.16 Å². The van der Waals surface area contributed by atoms with Gasteiger partial charge in [-0.1, -0.05) is 60.6 Å². The van der Waals surface area contributed by atoms with Gasteiger partial charge in [-0.3, -0.25) is 4.79 Å². The molecule has 180 valence electrons. The van der Waals surface area contributed by atoms with E-state index in [1.165, 1.54) is 17.4 Å². The summed E-state index contributed by atoms with van der Waals surface area (Å²) in [6.07, 6.45) is 2.48. The number of anilines is 2. The third-order valence-electron chi connectivity index (χ3n) is 5.78. The topological polar surface area (TPSA) is 99.5 Å². The third kappa shape index (κ3) is 5.99. The number of hydrogen-bond acceptors (Lipinski definition) is 5. The number of thiazole rings is 1. The highest BCUT2D eigenvalue weighted by Crippen LogP contribution is 2.32. The Balaban J connectivity index is 0.000000672. The van der Waals surface area contributed by atoms with Crippen LogP contribution in [-0.4, -0.2) is 27.1 Å². The molecule has 0 amide bonds. The molecule has 0 saturated heterocycles.